The Bertz CT molecular complexity index is 560. The molecule has 0 aromatic heterocycles. The van der Waals surface area contributed by atoms with Gasteiger partial charge < -0.3 is 14.2 Å². The smallest absolute Gasteiger partial charge is 0.418 e. The first-order valence-corrected chi connectivity index (χ1v) is 5.78. The zero-order valence-corrected chi connectivity index (χ0v) is 11.5. The van der Waals surface area contributed by atoms with Gasteiger partial charge in [0.2, 0.25) is 0 Å². The maximum absolute atomic E-state index is 12.8. The van der Waals surface area contributed by atoms with E-state index in [0.717, 1.165) is 32.4 Å². The summed E-state index contributed by atoms with van der Waals surface area (Å²) < 4.78 is 51.9. The number of carbonyl (C=O) groups is 1. The fraction of sp³-hybridized carbons (Fsp3) is 0.417. The minimum atomic E-state index is -4.70. The van der Waals surface area contributed by atoms with Gasteiger partial charge in [0.25, 0.3) is 0 Å². The number of hydrogen-bond donors (Lipinski definition) is 0. The van der Waals surface area contributed by atoms with E-state index >= 15 is 0 Å². The van der Waals surface area contributed by atoms with Gasteiger partial charge in [-0.25, -0.2) is 4.79 Å². The molecule has 0 N–H and O–H groups in total. The molecule has 0 aliphatic carbocycles. The Balaban J connectivity index is 3.18. The van der Waals surface area contributed by atoms with Crippen LogP contribution in [-0.4, -0.2) is 37.9 Å². The summed E-state index contributed by atoms with van der Waals surface area (Å²) in [4.78, 5) is 21.0. The average molecular weight is 323 g/mol. The van der Waals surface area contributed by atoms with E-state index in [1.165, 1.54) is 0 Å². The number of hydrogen-bond acceptors (Lipinski definition) is 6. The summed E-state index contributed by atoms with van der Waals surface area (Å²) in [5, 5.41) is 10.8. The van der Waals surface area contributed by atoms with Gasteiger partial charge in [-0.15, -0.1) is 0 Å². The zero-order chi connectivity index (χ0) is 16.9. The number of rotatable bonds is 6. The molecule has 10 heteroatoms. The van der Waals surface area contributed by atoms with E-state index in [-0.39, 0.29) is 5.56 Å². The molecular weight excluding hydrogens is 311 g/mol. The highest BCUT2D eigenvalue weighted by Crippen LogP contribution is 2.38. The van der Waals surface area contributed by atoms with Crippen LogP contribution in [0.5, 0.6) is 5.75 Å². The number of nitrogens with zero attached hydrogens (tertiary/aromatic N) is 1. The molecular formula is C12H12F3NO6. The molecule has 22 heavy (non-hydrogen) atoms. The number of halogens is 3. The van der Waals surface area contributed by atoms with Crippen molar-refractivity contribution in [2.45, 2.75) is 12.3 Å². The molecule has 0 amide bonds. The fourth-order valence-corrected chi connectivity index (χ4v) is 1.61. The minimum absolute atomic E-state index is 0.388. The molecule has 0 spiro atoms. The number of ether oxygens (including phenoxy) is 3. The molecule has 1 aromatic carbocycles. The highest BCUT2D eigenvalue weighted by molar-refractivity contribution is 5.71. The summed E-state index contributed by atoms with van der Waals surface area (Å²) >= 11 is 0. The van der Waals surface area contributed by atoms with E-state index in [1.807, 2.05) is 0 Å². The first kappa shape index (κ1) is 17.7. The van der Waals surface area contributed by atoms with Gasteiger partial charge in [-0.05, 0) is 17.7 Å². The molecule has 1 unspecified atom stereocenters. The van der Waals surface area contributed by atoms with Gasteiger partial charge in [-0.3, -0.25) is 10.1 Å². The second-order valence-electron chi connectivity index (χ2n) is 4.01. The first-order chi connectivity index (χ1) is 10.2. The predicted octanol–water partition coefficient (Wildman–Crippen LogP) is 2.40. The molecule has 1 rings (SSSR count). The number of methoxy groups -OCH3 is 2. The van der Waals surface area contributed by atoms with Gasteiger partial charge >= 0.3 is 17.8 Å². The van der Waals surface area contributed by atoms with E-state index in [1.54, 1.807) is 0 Å². The van der Waals surface area contributed by atoms with E-state index in [2.05, 4.69) is 9.47 Å². The summed E-state index contributed by atoms with van der Waals surface area (Å²) in [5.41, 5.74) is -0.967. The molecule has 0 bridgehead atoms. The van der Waals surface area contributed by atoms with Crippen LogP contribution in [0.3, 0.4) is 0 Å². The number of carbonyl (C=O) groups excluding carboxylic acids is 1. The predicted molar refractivity (Wildman–Crippen MR) is 66.4 cm³/mol. The lowest BCUT2D eigenvalue weighted by Crippen LogP contribution is -2.22. The van der Waals surface area contributed by atoms with Crippen molar-refractivity contribution in [1.82, 2.24) is 0 Å². The Labute approximate surface area is 122 Å². The summed E-state index contributed by atoms with van der Waals surface area (Å²) in [6.45, 7) is -0.676. The Morgan fingerprint density at radius 1 is 1.36 bits per heavy atom. The lowest BCUT2D eigenvalue weighted by Gasteiger charge is -2.19. The third-order valence-electron chi connectivity index (χ3n) is 2.59. The molecule has 0 aliphatic heterocycles. The number of nitro groups is 1. The quantitative estimate of drug-likeness (QED) is 0.454. The highest BCUT2D eigenvalue weighted by atomic mass is 19.4. The minimum Gasteiger partial charge on any atom is -0.475 e. The largest absolute Gasteiger partial charge is 0.475 e. The van der Waals surface area contributed by atoms with Crippen molar-refractivity contribution >= 4 is 11.7 Å². The first-order valence-electron chi connectivity index (χ1n) is 5.78. The molecule has 0 aliphatic rings. The third-order valence-corrected chi connectivity index (χ3v) is 2.59. The third kappa shape index (κ3) is 4.32. The highest BCUT2D eigenvalue weighted by Gasteiger charge is 2.41. The van der Waals surface area contributed by atoms with Crippen LogP contribution in [0.25, 0.3) is 0 Å². The van der Waals surface area contributed by atoms with E-state index in [0.29, 0.717) is 0 Å². The van der Waals surface area contributed by atoms with E-state index < -0.39 is 41.2 Å². The standard InChI is InChI=1S/C12H12F3NO6/c1-20-10(17)6-22-9-5-7(3-4-8(9)16(18)19)11(21-2)12(13,14)15/h3-5,11H,6H2,1-2H3. The van der Waals surface area contributed by atoms with Crippen molar-refractivity contribution in [2.75, 3.05) is 20.8 Å². The molecule has 0 saturated carbocycles. The molecule has 0 fully saturated rings. The van der Waals surface area contributed by atoms with Crippen molar-refractivity contribution in [3.8, 4) is 5.75 Å². The van der Waals surface area contributed by atoms with Crippen LogP contribution in [0.15, 0.2) is 18.2 Å². The molecule has 0 heterocycles. The fourth-order valence-electron chi connectivity index (χ4n) is 1.61. The van der Waals surface area contributed by atoms with Crippen LogP contribution in [0.2, 0.25) is 0 Å². The molecule has 7 nitrogen and oxygen atoms in total. The normalized spacial score (nSPS) is 12.6. The van der Waals surface area contributed by atoms with Crippen LogP contribution < -0.4 is 4.74 Å². The SMILES string of the molecule is COC(=O)COc1cc(C(OC)C(F)(F)F)ccc1[N+](=O)[O-]. The summed E-state index contributed by atoms with van der Waals surface area (Å²) in [7, 11) is 1.93. The summed E-state index contributed by atoms with van der Waals surface area (Å²) in [5.74, 6) is -1.32. The number of nitro benzene ring substituents is 1. The molecule has 1 atom stereocenters. The lowest BCUT2D eigenvalue weighted by atomic mass is 10.1. The van der Waals surface area contributed by atoms with Crippen molar-refractivity contribution in [3.63, 3.8) is 0 Å². The monoisotopic (exact) mass is 323 g/mol. The number of alkyl halides is 3. The zero-order valence-electron chi connectivity index (χ0n) is 11.5. The summed E-state index contributed by atoms with van der Waals surface area (Å²) in [6, 6.07) is 2.56. The van der Waals surface area contributed by atoms with Crippen molar-refractivity contribution in [1.29, 1.82) is 0 Å². The second-order valence-corrected chi connectivity index (χ2v) is 4.01. The number of benzene rings is 1. The van der Waals surface area contributed by atoms with Gasteiger partial charge in [0.15, 0.2) is 18.5 Å². The number of esters is 1. The Hall–Kier alpha value is -2.36. The van der Waals surface area contributed by atoms with Crippen molar-refractivity contribution in [2.24, 2.45) is 0 Å². The van der Waals surface area contributed by atoms with E-state index in [9.17, 15) is 28.1 Å². The van der Waals surface area contributed by atoms with Gasteiger partial charge in [0.05, 0.1) is 12.0 Å². The van der Waals surface area contributed by atoms with Crippen LogP contribution in [-0.2, 0) is 14.3 Å². The Morgan fingerprint density at radius 2 is 2.00 bits per heavy atom. The maximum Gasteiger partial charge on any atom is 0.418 e. The molecule has 0 radical (unpaired) electrons. The maximum atomic E-state index is 12.8. The topological polar surface area (TPSA) is 87.9 Å². The molecule has 0 saturated heterocycles. The van der Waals surface area contributed by atoms with Crippen molar-refractivity contribution in [3.05, 3.63) is 33.9 Å². The average Bonchev–Trinajstić information content (AvgIpc) is 2.43. The van der Waals surface area contributed by atoms with Gasteiger partial charge in [0.1, 0.15) is 0 Å². The molecule has 1 aromatic rings. The Morgan fingerprint density at radius 3 is 2.45 bits per heavy atom. The van der Waals surface area contributed by atoms with Gasteiger partial charge in [-0.1, -0.05) is 0 Å². The Kier molecular flexibility index (Phi) is 5.69. The van der Waals surface area contributed by atoms with Crippen LogP contribution in [0.4, 0.5) is 18.9 Å². The van der Waals surface area contributed by atoms with Crippen LogP contribution in [0, 0.1) is 10.1 Å². The van der Waals surface area contributed by atoms with Crippen molar-refractivity contribution < 1.29 is 37.1 Å². The second kappa shape index (κ2) is 7.07. The van der Waals surface area contributed by atoms with Gasteiger partial charge in [0, 0.05) is 13.2 Å². The van der Waals surface area contributed by atoms with Gasteiger partial charge in [-0.2, -0.15) is 13.2 Å². The lowest BCUT2D eigenvalue weighted by molar-refractivity contribution is -0.385. The van der Waals surface area contributed by atoms with Crippen LogP contribution in [0.1, 0.15) is 11.7 Å². The molecule has 122 valence electrons. The van der Waals surface area contributed by atoms with Crippen LogP contribution >= 0.6 is 0 Å². The van der Waals surface area contributed by atoms with E-state index in [4.69, 9.17) is 4.74 Å². The summed E-state index contributed by atoms with van der Waals surface area (Å²) in [6.07, 6.45) is -6.97.